The van der Waals surface area contributed by atoms with Crippen LogP contribution in [0.5, 0.6) is 0 Å². The van der Waals surface area contributed by atoms with E-state index < -0.39 is 0 Å². The van der Waals surface area contributed by atoms with Crippen molar-refractivity contribution < 1.29 is 9.63 Å². The summed E-state index contributed by atoms with van der Waals surface area (Å²) in [6.07, 6.45) is 3.47. The lowest BCUT2D eigenvalue weighted by Crippen LogP contribution is -2.04. The fraction of sp³-hybridized carbons (Fsp3) is 0.269. The standard InChI is InChI=1S/C26H29N5O2S/c1-3-20(12-13-32)34-21-10-8-19(9-11-21)23-16-29-26(27)25(30-23)24-14-22(31-33-24)18-6-4-17(5-7-18)15-28-2/h4-11,14,16,20,28,32H,3,12-13,15H2,1-2H3,(H2,27,29). The summed E-state index contributed by atoms with van der Waals surface area (Å²) in [5.41, 5.74) is 11.1. The van der Waals surface area contributed by atoms with Crippen molar-refractivity contribution in [3.63, 3.8) is 0 Å². The van der Waals surface area contributed by atoms with Gasteiger partial charge in [-0.3, -0.25) is 0 Å². The van der Waals surface area contributed by atoms with E-state index in [9.17, 15) is 5.11 Å². The molecule has 0 saturated carbocycles. The number of hydrogen-bond acceptors (Lipinski definition) is 8. The van der Waals surface area contributed by atoms with Gasteiger partial charge in [0.25, 0.3) is 0 Å². The molecule has 2 aromatic carbocycles. The average molecular weight is 476 g/mol. The van der Waals surface area contributed by atoms with Gasteiger partial charge in [-0.25, -0.2) is 9.97 Å². The Balaban J connectivity index is 1.55. The normalized spacial score (nSPS) is 12.1. The predicted molar refractivity (Wildman–Crippen MR) is 137 cm³/mol. The molecule has 4 N–H and O–H groups in total. The van der Waals surface area contributed by atoms with Crippen LogP contribution in [-0.2, 0) is 6.54 Å². The molecule has 0 aliphatic heterocycles. The highest BCUT2D eigenvalue weighted by Gasteiger charge is 2.16. The summed E-state index contributed by atoms with van der Waals surface area (Å²) in [4.78, 5) is 10.2. The van der Waals surface area contributed by atoms with Crippen molar-refractivity contribution in [2.75, 3.05) is 19.4 Å². The van der Waals surface area contributed by atoms with Crippen molar-refractivity contribution in [1.29, 1.82) is 0 Å². The number of aliphatic hydroxyl groups is 1. The monoisotopic (exact) mass is 475 g/mol. The second-order valence-corrected chi connectivity index (χ2v) is 9.35. The Morgan fingerprint density at radius 3 is 2.44 bits per heavy atom. The molecule has 0 fully saturated rings. The van der Waals surface area contributed by atoms with Crippen LogP contribution in [0.2, 0.25) is 0 Å². The molecule has 1 unspecified atom stereocenters. The second kappa shape index (κ2) is 11.3. The molecule has 0 saturated heterocycles. The third-order valence-corrected chi connectivity index (χ3v) is 6.98. The van der Waals surface area contributed by atoms with Gasteiger partial charge in [-0.15, -0.1) is 11.8 Å². The molecule has 2 heterocycles. The first kappa shape index (κ1) is 23.9. The Kier molecular flexibility index (Phi) is 7.95. The number of nitrogens with one attached hydrogen (secondary N) is 1. The van der Waals surface area contributed by atoms with E-state index in [1.165, 1.54) is 5.56 Å². The van der Waals surface area contributed by atoms with Crippen molar-refractivity contribution in [2.24, 2.45) is 0 Å². The average Bonchev–Trinajstić information content (AvgIpc) is 3.35. The fourth-order valence-electron chi connectivity index (χ4n) is 3.63. The van der Waals surface area contributed by atoms with E-state index in [0.717, 1.165) is 35.4 Å². The summed E-state index contributed by atoms with van der Waals surface area (Å²) in [7, 11) is 1.92. The van der Waals surface area contributed by atoms with Crippen LogP contribution in [0.15, 0.2) is 70.2 Å². The smallest absolute Gasteiger partial charge is 0.189 e. The van der Waals surface area contributed by atoms with E-state index in [1.807, 2.05) is 37.4 Å². The molecular formula is C26H29N5O2S. The van der Waals surface area contributed by atoms with Crippen LogP contribution in [0.4, 0.5) is 5.82 Å². The topological polar surface area (TPSA) is 110 Å². The summed E-state index contributed by atoms with van der Waals surface area (Å²) < 4.78 is 5.58. The summed E-state index contributed by atoms with van der Waals surface area (Å²) in [6, 6.07) is 18.2. The summed E-state index contributed by atoms with van der Waals surface area (Å²) in [5, 5.41) is 17.0. The third kappa shape index (κ3) is 5.64. The quantitative estimate of drug-likeness (QED) is 0.274. The van der Waals surface area contributed by atoms with E-state index in [1.54, 1.807) is 18.0 Å². The van der Waals surface area contributed by atoms with E-state index in [-0.39, 0.29) is 12.4 Å². The minimum atomic E-state index is 0.207. The van der Waals surface area contributed by atoms with E-state index >= 15 is 0 Å². The Morgan fingerprint density at radius 2 is 1.76 bits per heavy atom. The third-order valence-electron chi connectivity index (χ3n) is 5.53. The Labute approximate surface area is 203 Å². The molecule has 0 amide bonds. The van der Waals surface area contributed by atoms with Gasteiger partial charge in [0.1, 0.15) is 5.69 Å². The van der Waals surface area contributed by atoms with Crippen molar-refractivity contribution in [3.05, 3.63) is 66.4 Å². The van der Waals surface area contributed by atoms with E-state index in [2.05, 4.69) is 46.6 Å². The van der Waals surface area contributed by atoms with Gasteiger partial charge in [0.05, 0.1) is 11.9 Å². The molecule has 34 heavy (non-hydrogen) atoms. The maximum atomic E-state index is 9.22. The fourth-order valence-corrected chi connectivity index (χ4v) is 4.69. The number of hydrogen-bond donors (Lipinski definition) is 3. The number of nitrogen functional groups attached to an aromatic ring is 1. The molecule has 4 aromatic rings. The maximum Gasteiger partial charge on any atom is 0.189 e. The van der Waals surface area contributed by atoms with Gasteiger partial charge < -0.3 is 20.7 Å². The largest absolute Gasteiger partial charge is 0.396 e. The lowest BCUT2D eigenvalue weighted by Gasteiger charge is -2.13. The zero-order valence-electron chi connectivity index (χ0n) is 19.4. The molecule has 0 bridgehead atoms. The molecule has 176 valence electrons. The lowest BCUT2D eigenvalue weighted by molar-refractivity contribution is 0.286. The summed E-state index contributed by atoms with van der Waals surface area (Å²) >= 11 is 1.78. The van der Waals surface area contributed by atoms with Crippen LogP contribution >= 0.6 is 11.8 Å². The van der Waals surface area contributed by atoms with E-state index in [4.69, 9.17) is 15.2 Å². The molecule has 2 aromatic heterocycles. The Hall–Kier alpha value is -3.20. The van der Waals surface area contributed by atoms with Gasteiger partial charge in [0.2, 0.25) is 0 Å². The molecule has 1 atom stereocenters. The molecular weight excluding hydrogens is 446 g/mol. The van der Waals surface area contributed by atoms with Crippen molar-refractivity contribution >= 4 is 17.6 Å². The number of aromatic nitrogens is 3. The van der Waals surface area contributed by atoms with E-state index in [0.29, 0.717) is 28.1 Å². The first-order valence-corrected chi connectivity index (χ1v) is 12.2. The molecule has 7 nitrogen and oxygen atoms in total. The SMILES string of the molecule is CCC(CCO)Sc1ccc(-c2cnc(N)c(-c3cc(-c4ccc(CNC)cc4)no3)n2)cc1. The first-order valence-electron chi connectivity index (χ1n) is 11.3. The van der Waals surface area contributed by atoms with Gasteiger partial charge >= 0.3 is 0 Å². The Morgan fingerprint density at radius 1 is 1.06 bits per heavy atom. The van der Waals surface area contributed by atoms with Gasteiger partial charge in [0, 0.05) is 40.5 Å². The number of thioether (sulfide) groups is 1. The van der Waals surface area contributed by atoms with Crippen LogP contribution < -0.4 is 11.1 Å². The van der Waals surface area contributed by atoms with Crippen LogP contribution in [0, 0.1) is 0 Å². The predicted octanol–water partition coefficient (Wildman–Crippen LogP) is 5.02. The van der Waals surface area contributed by atoms with Crippen LogP contribution in [0.25, 0.3) is 34.0 Å². The van der Waals surface area contributed by atoms with Gasteiger partial charge in [0.15, 0.2) is 17.3 Å². The Bertz CT molecular complexity index is 1210. The highest BCUT2D eigenvalue weighted by Crippen LogP contribution is 2.32. The van der Waals surface area contributed by atoms with Gasteiger partial charge in [-0.05, 0) is 37.6 Å². The van der Waals surface area contributed by atoms with Crippen LogP contribution in [0.3, 0.4) is 0 Å². The number of benzene rings is 2. The van der Waals surface area contributed by atoms with Crippen LogP contribution in [0.1, 0.15) is 25.3 Å². The van der Waals surface area contributed by atoms with Crippen molar-refractivity contribution in [3.8, 4) is 34.0 Å². The number of rotatable bonds is 10. The first-order chi connectivity index (χ1) is 16.6. The molecule has 0 spiro atoms. The highest BCUT2D eigenvalue weighted by molar-refractivity contribution is 8.00. The van der Waals surface area contributed by atoms with Gasteiger partial charge in [-0.2, -0.15) is 0 Å². The summed E-state index contributed by atoms with van der Waals surface area (Å²) in [5.74, 6) is 0.765. The molecule has 4 rings (SSSR count). The zero-order chi connectivity index (χ0) is 23.9. The number of nitrogens with two attached hydrogens (primary N) is 1. The molecule has 0 radical (unpaired) electrons. The number of anilines is 1. The minimum Gasteiger partial charge on any atom is -0.396 e. The zero-order valence-corrected chi connectivity index (χ0v) is 20.2. The molecule has 0 aliphatic carbocycles. The van der Waals surface area contributed by atoms with Crippen LogP contribution in [-0.4, -0.2) is 39.1 Å². The highest BCUT2D eigenvalue weighted by atomic mass is 32.2. The maximum absolute atomic E-state index is 9.22. The van der Waals surface area contributed by atoms with Crippen molar-refractivity contribution in [1.82, 2.24) is 20.4 Å². The number of nitrogens with zero attached hydrogens (tertiary/aromatic N) is 3. The second-order valence-electron chi connectivity index (χ2n) is 7.98. The molecule has 0 aliphatic rings. The minimum absolute atomic E-state index is 0.207. The number of aliphatic hydroxyl groups excluding tert-OH is 1. The molecule has 8 heteroatoms. The van der Waals surface area contributed by atoms with Gasteiger partial charge in [-0.1, -0.05) is 48.5 Å². The van der Waals surface area contributed by atoms with Crippen molar-refractivity contribution in [2.45, 2.75) is 36.5 Å². The lowest BCUT2D eigenvalue weighted by atomic mass is 10.1. The summed E-state index contributed by atoms with van der Waals surface area (Å²) in [6.45, 7) is 3.16.